The number of carbonyl (C=O) groups is 1. The zero-order valence-electron chi connectivity index (χ0n) is 34.7. The Morgan fingerprint density at radius 1 is 0.912 bits per heavy atom. The summed E-state index contributed by atoms with van der Waals surface area (Å²) in [5, 5.41) is 21.7. The third kappa shape index (κ3) is 17.2. The molecule has 10 heteroatoms. The number of ether oxygens (including phenoxy) is 7. The van der Waals surface area contributed by atoms with Crippen molar-refractivity contribution < 1.29 is 48.2 Å². The van der Waals surface area contributed by atoms with E-state index < -0.39 is 18.3 Å². The predicted molar refractivity (Wildman–Crippen MR) is 221 cm³/mol. The van der Waals surface area contributed by atoms with Gasteiger partial charge in [-0.2, -0.15) is 0 Å². The molecule has 10 nitrogen and oxygen atoms in total. The summed E-state index contributed by atoms with van der Waals surface area (Å²) in [6.07, 6.45) is 24.4. The van der Waals surface area contributed by atoms with Crippen molar-refractivity contribution in [3.8, 4) is 17.6 Å². The maximum absolute atomic E-state index is 12.3. The van der Waals surface area contributed by atoms with Gasteiger partial charge >= 0.3 is 5.97 Å². The molecule has 0 bridgehead atoms. The van der Waals surface area contributed by atoms with Gasteiger partial charge in [0, 0.05) is 25.5 Å². The van der Waals surface area contributed by atoms with E-state index in [0.717, 1.165) is 43.4 Å². The minimum absolute atomic E-state index is 0.0721. The van der Waals surface area contributed by atoms with E-state index in [0.29, 0.717) is 37.9 Å². The molecule has 2 N–H and O–H groups in total. The molecular weight excluding hydrogens is 725 g/mol. The van der Waals surface area contributed by atoms with Gasteiger partial charge in [0.1, 0.15) is 30.9 Å². The molecule has 9 atom stereocenters. The van der Waals surface area contributed by atoms with Gasteiger partial charge in [-0.3, -0.25) is 0 Å². The van der Waals surface area contributed by atoms with Gasteiger partial charge in [-0.15, -0.1) is 0 Å². The van der Waals surface area contributed by atoms with Crippen LogP contribution in [0.5, 0.6) is 5.75 Å². The Kier molecular flexibility index (Phi) is 21.7. The van der Waals surface area contributed by atoms with Crippen molar-refractivity contribution in [1.29, 1.82) is 0 Å². The van der Waals surface area contributed by atoms with Crippen LogP contribution in [0, 0.1) is 11.8 Å². The highest BCUT2D eigenvalue weighted by Crippen LogP contribution is 2.28. The number of aliphatic hydroxyl groups excluding tert-OH is 2. The highest BCUT2D eigenvalue weighted by molar-refractivity contribution is 5.90. The lowest BCUT2D eigenvalue weighted by Crippen LogP contribution is -2.43. The summed E-state index contributed by atoms with van der Waals surface area (Å²) in [5.41, 5.74) is 1.61. The van der Waals surface area contributed by atoms with E-state index in [1.165, 1.54) is 38.5 Å². The number of unbranched alkanes of at least 4 members (excludes halogenated alkanes) is 8. The average molecular weight is 793 g/mol. The minimum Gasteiger partial charge on any atom is -0.497 e. The molecule has 0 radical (unpaired) electrons. The zero-order valence-corrected chi connectivity index (χ0v) is 34.7. The number of benzene rings is 1. The van der Waals surface area contributed by atoms with E-state index in [9.17, 15) is 15.0 Å². The second-order valence-corrected chi connectivity index (χ2v) is 15.3. The topological polar surface area (TPSA) is 122 Å². The highest BCUT2D eigenvalue weighted by Gasteiger charge is 2.33. The van der Waals surface area contributed by atoms with E-state index >= 15 is 0 Å². The first-order chi connectivity index (χ1) is 27.8. The number of aliphatic hydroxyl groups is 2. The molecule has 3 aliphatic rings. The zero-order chi connectivity index (χ0) is 40.7. The number of carbonyl (C=O) groups excluding carboxylic acids is 1. The van der Waals surface area contributed by atoms with Crippen LogP contribution >= 0.6 is 0 Å². The molecule has 1 aromatic rings. The van der Waals surface area contributed by atoms with E-state index in [-0.39, 0.29) is 49.4 Å². The van der Waals surface area contributed by atoms with Crippen LogP contribution in [0.2, 0.25) is 0 Å². The number of methoxy groups -OCH3 is 2. The third-order valence-corrected chi connectivity index (χ3v) is 10.6. The summed E-state index contributed by atoms with van der Waals surface area (Å²) in [5.74, 6) is 6.82. The Labute approximate surface area is 341 Å². The fourth-order valence-corrected chi connectivity index (χ4v) is 7.31. The summed E-state index contributed by atoms with van der Waals surface area (Å²) in [4.78, 5) is 12.3. The van der Waals surface area contributed by atoms with Crippen LogP contribution in [0.3, 0.4) is 0 Å². The van der Waals surface area contributed by atoms with Crippen LogP contribution in [0.25, 0.3) is 0 Å². The summed E-state index contributed by atoms with van der Waals surface area (Å²) in [7, 11) is 3.21. The average Bonchev–Trinajstić information content (AvgIpc) is 3.82. The molecule has 316 valence electrons. The van der Waals surface area contributed by atoms with Gasteiger partial charge < -0.3 is 43.4 Å². The fourth-order valence-electron chi connectivity index (χ4n) is 7.31. The van der Waals surface area contributed by atoms with Gasteiger partial charge in [0.2, 0.25) is 0 Å². The van der Waals surface area contributed by atoms with E-state index in [4.69, 9.17) is 33.2 Å². The Morgan fingerprint density at radius 3 is 2.40 bits per heavy atom. The molecule has 0 amide bonds. The second kappa shape index (κ2) is 26.7. The van der Waals surface area contributed by atoms with Crippen molar-refractivity contribution in [2.24, 2.45) is 0 Å². The Bertz CT molecular complexity index is 1470. The molecule has 57 heavy (non-hydrogen) atoms. The molecular formula is C47H68O10. The lowest BCUT2D eigenvalue weighted by atomic mass is 9.94. The lowest BCUT2D eigenvalue weighted by molar-refractivity contribution is -0.145. The van der Waals surface area contributed by atoms with Crippen LogP contribution in [-0.2, 0) is 39.8 Å². The van der Waals surface area contributed by atoms with Gasteiger partial charge in [-0.1, -0.05) is 107 Å². The lowest BCUT2D eigenvalue weighted by Gasteiger charge is -2.35. The molecule has 0 unspecified atom stereocenters. The van der Waals surface area contributed by atoms with Crippen LogP contribution in [0.15, 0.2) is 72.4 Å². The van der Waals surface area contributed by atoms with Gasteiger partial charge in [0.25, 0.3) is 0 Å². The molecule has 1 saturated heterocycles. The predicted octanol–water partition coefficient (Wildman–Crippen LogP) is 8.24. The van der Waals surface area contributed by atoms with Gasteiger partial charge in [0.15, 0.2) is 0 Å². The molecule has 0 aliphatic carbocycles. The van der Waals surface area contributed by atoms with Crippen molar-refractivity contribution in [3.63, 3.8) is 0 Å². The number of esters is 1. The Balaban J connectivity index is 1.19. The summed E-state index contributed by atoms with van der Waals surface area (Å²) in [6, 6.07) is 7.70. The smallest absolute Gasteiger partial charge is 0.334 e. The molecule has 3 heterocycles. The van der Waals surface area contributed by atoms with Crippen LogP contribution in [-0.4, -0.2) is 92.1 Å². The molecule has 1 fully saturated rings. The van der Waals surface area contributed by atoms with Gasteiger partial charge in [-0.25, -0.2) is 4.79 Å². The number of hydrogen-bond acceptors (Lipinski definition) is 10. The van der Waals surface area contributed by atoms with Crippen LogP contribution < -0.4 is 4.74 Å². The molecule has 1 aromatic carbocycles. The molecule has 3 aliphatic heterocycles. The fraction of sp³-hybridized carbons (Fsp3) is 0.638. The third-order valence-electron chi connectivity index (χ3n) is 10.6. The van der Waals surface area contributed by atoms with Crippen molar-refractivity contribution >= 4 is 5.97 Å². The van der Waals surface area contributed by atoms with Crippen molar-refractivity contribution in [3.05, 3.63) is 77.9 Å². The Morgan fingerprint density at radius 2 is 1.68 bits per heavy atom. The van der Waals surface area contributed by atoms with Crippen molar-refractivity contribution in [2.75, 3.05) is 21.0 Å². The molecule has 4 rings (SSSR count). The van der Waals surface area contributed by atoms with Crippen molar-refractivity contribution in [1.82, 2.24) is 0 Å². The minimum atomic E-state index is -0.823. The summed E-state index contributed by atoms with van der Waals surface area (Å²) >= 11 is 0. The number of hydrogen-bond donors (Lipinski definition) is 2. The highest BCUT2D eigenvalue weighted by atomic mass is 16.7. The standard InChI is InChI=1S/C47H68O10/c1-5-6-7-8-9-10-14-17-20-43-41(48)26-29-44(57-43)42(49)27-30-45(54-34-51-3)46-28-25-39(56-46)18-15-12-11-13-16-19-40(32-37-31-35(2)55-47(37)50)53-33-36-21-23-38(52-4)24-22-36/h16,19,21-25,27-28,30-31,35,39-46,48-49H,5-10,12,14-15,17-18,20,26,29,32-34H2,1-4H3/b19-16+,30-27?/t35-,39+,40+,41+,42-,43-,44-,45-,46-/m0/s1. The van der Waals surface area contributed by atoms with E-state index in [1.807, 2.05) is 55.5 Å². The maximum Gasteiger partial charge on any atom is 0.334 e. The number of cyclic esters (lactones) is 1. The van der Waals surface area contributed by atoms with Crippen LogP contribution in [0.4, 0.5) is 0 Å². The Hall–Kier alpha value is -3.27. The number of allylic oxidation sites excluding steroid dienone is 1. The van der Waals surface area contributed by atoms with Crippen LogP contribution in [0.1, 0.15) is 116 Å². The SMILES string of the molecule is CCCCCCCCCC[C@@H]1O[C@H]([C@@H](O)C=C[C@H](OCOC)[C@@H]2C=C[C@@H](CCCC#C/C=C/[C@H](CC3=C[C@H](C)OC3=O)OCc3ccc(OC)cc3)O2)CC[C@H]1O. The first kappa shape index (κ1) is 46.4. The van der Waals surface area contributed by atoms with Gasteiger partial charge in [0.05, 0.1) is 50.3 Å². The monoisotopic (exact) mass is 792 g/mol. The van der Waals surface area contributed by atoms with Crippen molar-refractivity contribution in [2.45, 2.75) is 172 Å². The largest absolute Gasteiger partial charge is 0.497 e. The second-order valence-electron chi connectivity index (χ2n) is 15.3. The first-order valence-corrected chi connectivity index (χ1v) is 21.2. The first-order valence-electron chi connectivity index (χ1n) is 21.2. The summed E-state index contributed by atoms with van der Waals surface area (Å²) in [6.45, 7) is 4.55. The van der Waals surface area contributed by atoms with Gasteiger partial charge in [-0.05, 0) is 75.0 Å². The molecule has 0 saturated carbocycles. The summed E-state index contributed by atoms with van der Waals surface area (Å²) < 4.78 is 40.4. The maximum atomic E-state index is 12.3. The molecule has 0 spiro atoms. The van der Waals surface area contributed by atoms with E-state index in [1.54, 1.807) is 26.4 Å². The number of rotatable bonds is 26. The quantitative estimate of drug-likeness (QED) is 0.0312. The normalized spacial score (nSPS) is 25.0. The van der Waals surface area contributed by atoms with E-state index in [2.05, 4.69) is 24.8 Å². The molecule has 0 aromatic heterocycles.